The van der Waals surface area contributed by atoms with Gasteiger partial charge in [-0.3, -0.25) is 0 Å². The highest BCUT2D eigenvalue weighted by atomic mass is 32.1. The standard InChI is InChI=1S/C14H18N2O3S/c1-4-16-8-15-6-10(16)7-19-11-5-12(9(2)3)20-13(11)14(17)18/h5-6,8-9H,4,7H2,1-3H3,(H,17,18). The van der Waals surface area contributed by atoms with Crippen molar-refractivity contribution in [3.8, 4) is 5.75 Å². The summed E-state index contributed by atoms with van der Waals surface area (Å²) in [6.07, 6.45) is 3.48. The van der Waals surface area contributed by atoms with Gasteiger partial charge in [-0.2, -0.15) is 0 Å². The molecule has 0 aliphatic carbocycles. The molecule has 0 bridgehead atoms. The lowest BCUT2D eigenvalue weighted by atomic mass is 10.2. The molecule has 108 valence electrons. The molecule has 2 rings (SSSR count). The Kier molecular flexibility index (Phi) is 4.44. The molecule has 0 aliphatic rings. The average molecular weight is 294 g/mol. The largest absolute Gasteiger partial charge is 0.486 e. The molecule has 0 saturated carbocycles. The van der Waals surface area contributed by atoms with Gasteiger partial charge in [-0.25, -0.2) is 9.78 Å². The summed E-state index contributed by atoms with van der Waals surface area (Å²) >= 11 is 1.28. The van der Waals surface area contributed by atoms with Gasteiger partial charge in [-0.1, -0.05) is 13.8 Å². The van der Waals surface area contributed by atoms with E-state index in [1.165, 1.54) is 11.3 Å². The maximum atomic E-state index is 11.3. The molecule has 0 radical (unpaired) electrons. The summed E-state index contributed by atoms with van der Waals surface area (Å²) in [4.78, 5) is 16.6. The smallest absolute Gasteiger partial charge is 0.349 e. The molecule has 0 spiro atoms. The minimum atomic E-state index is -0.944. The fourth-order valence-corrected chi connectivity index (χ4v) is 2.78. The van der Waals surface area contributed by atoms with Crippen molar-refractivity contribution in [1.29, 1.82) is 0 Å². The van der Waals surface area contributed by atoms with Gasteiger partial charge in [0.2, 0.25) is 0 Å². The van der Waals surface area contributed by atoms with Crippen molar-refractivity contribution >= 4 is 17.3 Å². The van der Waals surface area contributed by atoms with E-state index in [2.05, 4.69) is 4.98 Å². The monoisotopic (exact) mass is 294 g/mol. The van der Waals surface area contributed by atoms with Crippen LogP contribution in [0.1, 0.15) is 46.9 Å². The molecule has 0 amide bonds. The lowest BCUT2D eigenvalue weighted by molar-refractivity contribution is 0.0697. The number of hydrogen-bond donors (Lipinski definition) is 1. The summed E-state index contributed by atoms with van der Waals surface area (Å²) in [6, 6.07) is 1.82. The Bertz CT molecular complexity index is 601. The molecule has 0 saturated heterocycles. The van der Waals surface area contributed by atoms with Crippen molar-refractivity contribution in [2.75, 3.05) is 0 Å². The molecule has 2 aromatic heterocycles. The maximum Gasteiger partial charge on any atom is 0.349 e. The van der Waals surface area contributed by atoms with Crippen molar-refractivity contribution in [3.05, 3.63) is 34.0 Å². The number of aromatic carboxylic acids is 1. The number of carboxylic acids is 1. The third-order valence-corrected chi connectivity index (χ3v) is 4.40. The van der Waals surface area contributed by atoms with Crippen molar-refractivity contribution in [3.63, 3.8) is 0 Å². The van der Waals surface area contributed by atoms with Gasteiger partial charge in [0.25, 0.3) is 0 Å². The lowest BCUT2D eigenvalue weighted by Crippen LogP contribution is -2.05. The molecule has 20 heavy (non-hydrogen) atoms. The SMILES string of the molecule is CCn1cncc1COc1cc(C(C)C)sc1C(=O)O. The normalized spacial score (nSPS) is 11.0. The zero-order valence-corrected chi connectivity index (χ0v) is 12.6. The van der Waals surface area contributed by atoms with E-state index in [0.717, 1.165) is 17.1 Å². The predicted molar refractivity (Wildman–Crippen MR) is 77.6 cm³/mol. The first kappa shape index (κ1) is 14.6. The third kappa shape index (κ3) is 3.01. The van der Waals surface area contributed by atoms with E-state index in [0.29, 0.717) is 12.4 Å². The van der Waals surface area contributed by atoms with Gasteiger partial charge < -0.3 is 14.4 Å². The molecule has 6 heteroatoms. The van der Waals surface area contributed by atoms with E-state index in [-0.39, 0.29) is 10.8 Å². The van der Waals surface area contributed by atoms with Gasteiger partial charge in [0.15, 0.2) is 4.88 Å². The van der Waals surface area contributed by atoms with Crippen LogP contribution < -0.4 is 4.74 Å². The van der Waals surface area contributed by atoms with Gasteiger partial charge in [0.1, 0.15) is 12.4 Å². The number of aromatic nitrogens is 2. The van der Waals surface area contributed by atoms with Gasteiger partial charge in [-0.15, -0.1) is 11.3 Å². The zero-order valence-electron chi connectivity index (χ0n) is 11.8. The second-order valence-electron chi connectivity index (χ2n) is 4.76. The Labute approximate surface area is 121 Å². The Morgan fingerprint density at radius 3 is 2.90 bits per heavy atom. The topological polar surface area (TPSA) is 64.4 Å². The third-order valence-electron chi connectivity index (χ3n) is 3.00. The van der Waals surface area contributed by atoms with Crippen LogP contribution in [-0.4, -0.2) is 20.6 Å². The van der Waals surface area contributed by atoms with Gasteiger partial charge in [0, 0.05) is 11.4 Å². The number of thiophene rings is 1. The van der Waals surface area contributed by atoms with E-state index in [9.17, 15) is 9.90 Å². The second kappa shape index (κ2) is 6.09. The molecule has 0 atom stereocenters. The second-order valence-corrected chi connectivity index (χ2v) is 5.85. The Morgan fingerprint density at radius 1 is 1.55 bits per heavy atom. The lowest BCUT2D eigenvalue weighted by Gasteiger charge is -2.07. The molecule has 0 aromatic carbocycles. The summed E-state index contributed by atoms with van der Waals surface area (Å²) in [5.74, 6) is -0.215. The summed E-state index contributed by atoms with van der Waals surface area (Å²) < 4.78 is 7.65. The van der Waals surface area contributed by atoms with Crippen LogP contribution in [0.5, 0.6) is 5.75 Å². The molecule has 2 heterocycles. The van der Waals surface area contributed by atoms with Crippen LogP contribution in [0.3, 0.4) is 0 Å². The molecular formula is C14H18N2O3S. The number of imidazole rings is 1. The fourth-order valence-electron chi connectivity index (χ4n) is 1.84. The predicted octanol–water partition coefficient (Wildman–Crippen LogP) is 3.37. The molecule has 2 aromatic rings. The van der Waals surface area contributed by atoms with Gasteiger partial charge >= 0.3 is 5.97 Å². The van der Waals surface area contributed by atoms with Crippen LogP contribution in [0.4, 0.5) is 0 Å². The van der Waals surface area contributed by atoms with E-state index in [1.54, 1.807) is 12.5 Å². The Balaban J connectivity index is 2.18. The number of carboxylic acid groups (broad SMARTS) is 1. The van der Waals surface area contributed by atoms with Crippen LogP contribution in [0.25, 0.3) is 0 Å². The van der Waals surface area contributed by atoms with E-state index in [4.69, 9.17) is 4.74 Å². The highest BCUT2D eigenvalue weighted by molar-refractivity contribution is 7.14. The number of rotatable bonds is 6. The van der Waals surface area contributed by atoms with Gasteiger partial charge in [0.05, 0.1) is 18.2 Å². The first-order valence-electron chi connectivity index (χ1n) is 6.51. The number of hydrogen-bond acceptors (Lipinski definition) is 4. The Morgan fingerprint density at radius 2 is 2.30 bits per heavy atom. The summed E-state index contributed by atoms with van der Waals surface area (Å²) in [5, 5.41) is 9.23. The number of carbonyl (C=O) groups is 1. The number of aryl methyl sites for hydroxylation is 1. The summed E-state index contributed by atoms with van der Waals surface area (Å²) in [7, 11) is 0. The average Bonchev–Trinajstić information content (AvgIpc) is 3.02. The van der Waals surface area contributed by atoms with Crippen molar-refractivity contribution in [1.82, 2.24) is 9.55 Å². The van der Waals surface area contributed by atoms with Crippen LogP contribution in [0.2, 0.25) is 0 Å². The van der Waals surface area contributed by atoms with Crippen molar-refractivity contribution in [2.45, 2.75) is 39.8 Å². The van der Waals surface area contributed by atoms with Gasteiger partial charge in [-0.05, 0) is 18.9 Å². The van der Waals surface area contributed by atoms with Crippen molar-refractivity contribution < 1.29 is 14.6 Å². The maximum absolute atomic E-state index is 11.3. The summed E-state index contributed by atoms with van der Waals surface area (Å²) in [5.41, 5.74) is 0.932. The molecule has 0 fully saturated rings. The van der Waals surface area contributed by atoms with Crippen molar-refractivity contribution in [2.24, 2.45) is 0 Å². The molecule has 5 nitrogen and oxygen atoms in total. The highest BCUT2D eigenvalue weighted by Gasteiger charge is 2.18. The quantitative estimate of drug-likeness (QED) is 0.887. The first-order chi connectivity index (χ1) is 9.52. The molecular weight excluding hydrogens is 276 g/mol. The fraction of sp³-hybridized carbons (Fsp3) is 0.429. The zero-order chi connectivity index (χ0) is 14.7. The number of ether oxygens (including phenoxy) is 1. The Hall–Kier alpha value is -1.82. The highest BCUT2D eigenvalue weighted by Crippen LogP contribution is 2.34. The minimum Gasteiger partial charge on any atom is -0.486 e. The van der Waals surface area contributed by atoms with Crippen LogP contribution in [0, 0.1) is 0 Å². The summed E-state index contributed by atoms with van der Waals surface area (Å²) in [6.45, 7) is 7.23. The molecule has 1 N–H and O–H groups in total. The van der Waals surface area contributed by atoms with Crippen LogP contribution in [-0.2, 0) is 13.2 Å². The van der Waals surface area contributed by atoms with E-state index < -0.39 is 5.97 Å². The molecule has 0 unspecified atom stereocenters. The number of nitrogens with zero attached hydrogens (tertiary/aromatic N) is 2. The first-order valence-corrected chi connectivity index (χ1v) is 7.33. The van der Waals surface area contributed by atoms with Crippen LogP contribution >= 0.6 is 11.3 Å². The van der Waals surface area contributed by atoms with E-state index in [1.807, 2.05) is 31.4 Å². The van der Waals surface area contributed by atoms with E-state index >= 15 is 0 Å². The minimum absolute atomic E-state index is 0.260. The van der Waals surface area contributed by atoms with Crippen LogP contribution in [0.15, 0.2) is 18.6 Å². The molecule has 0 aliphatic heterocycles.